The third kappa shape index (κ3) is 5.44. The van der Waals surface area contributed by atoms with Crippen molar-refractivity contribution < 1.29 is 9.72 Å². The maximum atomic E-state index is 12.5. The summed E-state index contributed by atoms with van der Waals surface area (Å²) in [5.41, 5.74) is 1.42. The lowest BCUT2D eigenvalue weighted by Crippen LogP contribution is -2.32. The van der Waals surface area contributed by atoms with Crippen LogP contribution in [-0.2, 0) is 17.8 Å². The van der Waals surface area contributed by atoms with Crippen LogP contribution >= 0.6 is 23.2 Å². The molecule has 5 nitrogen and oxygen atoms in total. The van der Waals surface area contributed by atoms with Crippen LogP contribution < -0.4 is 0 Å². The fourth-order valence-corrected chi connectivity index (χ4v) is 3.18. The number of nitro benzene ring substituents is 1. The second-order valence-corrected chi connectivity index (χ2v) is 6.78. The highest BCUT2D eigenvalue weighted by molar-refractivity contribution is 6.35. The monoisotopic (exact) mass is 394 g/mol. The summed E-state index contributed by atoms with van der Waals surface area (Å²) in [5.74, 6) is -0.0317. The van der Waals surface area contributed by atoms with Gasteiger partial charge in [0.1, 0.15) is 0 Å². The number of hydrogen-bond acceptors (Lipinski definition) is 3. The van der Waals surface area contributed by atoms with Crippen molar-refractivity contribution in [2.75, 3.05) is 6.54 Å². The molecule has 26 heavy (non-hydrogen) atoms. The molecule has 7 heteroatoms. The molecule has 0 saturated carbocycles. The highest BCUT2D eigenvalue weighted by atomic mass is 35.5. The molecule has 0 radical (unpaired) electrons. The molecular formula is C19H20Cl2N2O3. The van der Waals surface area contributed by atoms with E-state index in [1.807, 2.05) is 13.0 Å². The Morgan fingerprint density at radius 1 is 1.15 bits per heavy atom. The molecule has 0 aliphatic carbocycles. The third-order valence-electron chi connectivity index (χ3n) is 4.03. The minimum absolute atomic E-state index is 0.0197. The summed E-state index contributed by atoms with van der Waals surface area (Å²) in [6, 6.07) is 11.7. The van der Waals surface area contributed by atoms with Gasteiger partial charge < -0.3 is 4.90 Å². The van der Waals surface area contributed by atoms with Crippen molar-refractivity contribution in [3.05, 3.63) is 73.8 Å². The van der Waals surface area contributed by atoms with Crippen LogP contribution in [0.1, 0.15) is 30.9 Å². The molecule has 0 aliphatic rings. The van der Waals surface area contributed by atoms with Crippen LogP contribution in [0.25, 0.3) is 0 Å². The van der Waals surface area contributed by atoms with Crippen LogP contribution in [0.4, 0.5) is 5.69 Å². The van der Waals surface area contributed by atoms with E-state index in [9.17, 15) is 14.9 Å². The molecular weight excluding hydrogens is 375 g/mol. The number of nitro groups is 1. The van der Waals surface area contributed by atoms with Crippen molar-refractivity contribution in [1.82, 2.24) is 4.90 Å². The predicted molar refractivity (Wildman–Crippen MR) is 104 cm³/mol. The molecule has 0 saturated heterocycles. The van der Waals surface area contributed by atoms with E-state index in [-0.39, 0.29) is 18.1 Å². The van der Waals surface area contributed by atoms with Gasteiger partial charge >= 0.3 is 0 Å². The van der Waals surface area contributed by atoms with Crippen molar-refractivity contribution in [2.24, 2.45) is 0 Å². The van der Waals surface area contributed by atoms with Crippen LogP contribution in [0.15, 0.2) is 42.5 Å². The summed E-state index contributed by atoms with van der Waals surface area (Å²) >= 11 is 12.1. The predicted octanol–water partition coefficient (Wildman–Crippen LogP) is 5.27. The number of carbonyl (C=O) groups is 1. The van der Waals surface area contributed by atoms with Gasteiger partial charge in [-0.25, -0.2) is 0 Å². The zero-order chi connectivity index (χ0) is 19.1. The van der Waals surface area contributed by atoms with Gasteiger partial charge in [-0.2, -0.15) is 0 Å². The summed E-state index contributed by atoms with van der Waals surface area (Å²) in [7, 11) is 0. The van der Waals surface area contributed by atoms with Crippen molar-refractivity contribution >= 4 is 34.8 Å². The van der Waals surface area contributed by atoms with Crippen molar-refractivity contribution in [3.63, 3.8) is 0 Å². The average Bonchev–Trinajstić information content (AvgIpc) is 2.60. The van der Waals surface area contributed by atoms with Crippen molar-refractivity contribution in [3.8, 4) is 0 Å². The summed E-state index contributed by atoms with van der Waals surface area (Å²) in [6.45, 7) is 2.55. The number of benzene rings is 2. The van der Waals surface area contributed by atoms with E-state index in [4.69, 9.17) is 23.2 Å². The molecule has 0 bridgehead atoms. The first kappa shape index (κ1) is 20.2. The zero-order valence-electron chi connectivity index (χ0n) is 14.5. The van der Waals surface area contributed by atoms with Gasteiger partial charge in [0.15, 0.2) is 0 Å². The Morgan fingerprint density at radius 3 is 2.54 bits per heavy atom. The highest BCUT2D eigenvalue weighted by Crippen LogP contribution is 2.23. The Kier molecular flexibility index (Phi) is 7.42. The molecule has 0 atom stereocenters. The molecule has 1 amide bonds. The lowest BCUT2D eigenvalue weighted by Gasteiger charge is -2.23. The minimum Gasteiger partial charge on any atom is -0.338 e. The van der Waals surface area contributed by atoms with Crippen LogP contribution in [0.2, 0.25) is 10.0 Å². The fraction of sp³-hybridized carbons (Fsp3) is 0.316. The first-order chi connectivity index (χ1) is 12.4. The third-order valence-corrected chi connectivity index (χ3v) is 4.62. The standard InChI is InChI=1S/C19H20Cl2N2O3/c1-2-5-19(24)22(11-10-14-8-9-16(20)12-17(14)21)13-15-6-3-4-7-18(15)23(25)26/h3-4,6-9,12H,2,5,10-11,13H2,1H3. The fourth-order valence-electron chi connectivity index (χ4n) is 2.67. The summed E-state index contributed by atoms with van der Waals surface area (Å²) in [5, 5.41) is 12.3. The van der Waals surface area contributed by atoms with Crippen LogP contribution in [0.5, 0.6) is 0 Å². The number of rotatable bonds is 8. The number of nitrogens with zero attached hydrogens (tertiary/aromatic N) is 2. The van der Waals surface area contributed by atoms with E-state index in [0.717, 1.165) is 5.56 Å². The minimum atomic E-state index is -0.423. The Hall–Kier alpha value is -2.11. The Labute approximate surface area is 162 Å². The van der Waals surface area contributed by atoms with E-state index in [2.05, 4.69) is 0 Å². The van der Waals surface area contributed by atoms with Gasteiger partial charge in [-0.3, -0.25) is 14.9 Å². The van der Waals surface area contributed by atoms with Crippen LogP contribution in [0.3, 0.4) is 0 Å². The SMILES string of the molecule is CCCC(=O)N(CCc1ccc(Cl)cc1Cl)Cc1ccccc1[N+](=O)[O-]. The average molecular weight is 395 g/mol. The van der Waals surface area contributed by atoms with Gasteiger partial charge in [0.25, 0.3) is 5.69 Å². The van der Waals surface area contributed by atoms with E-state index >= 15 is 0 Å². The largest absolute Gasteiger partial charge is 0.338 e. The highest BCUT2D eigenvalue weighted by Gasteiger charge is 2.19. The van der Waals surface area contributed by atoms with E-state index < -0.39 is 4.92 Å². The second kappa shape index (κ2) is 9.55. The zero-order valence-corrected chi connectivity index (χ0v) is 16.0. The molecule has 0 spiro atoms. The lowest BCUT2D eigenvalue weighted by atomic mass is 10.1. The lowest BCUT2D eigenvalue weighted by molar-refractivity contribution is -0.385. The molecule has 2 aromatic carbocycles. The molecule has 138 valence electrons. The van der Waals surface area contributed by atoms with Gasteiger partial charge in [-0.1, -0.05) is 54.4 Å². The summed E-state index contributed by atoms with van der Waals surface area (Å²) in [6.07, 6.45) is 1.66. The maximum absolute atomic E-state index is 12.5. The molecule has 0 unspecified atom stereocenters. The normalized spacial score (nSPS) is 10.6. The molecule has 0 N–H and O–H groups in total. The van der Waals surface area contributed by atoms with Gasteiger partial charge in [-0.15, -0.1) is 0 Å². The number of halogens is 2. The number of para-hydroxylation sites is 1. The van der Waals surface area contributed by atoms with Gasteiger partial charge in [0.2, 0.25) is 5.91 Å². The maximum Gasteiger partial charge on any atom is 0.274 e. The summed E-state index contributed by atoms with van der Waals surface area (Å²) < 4.78 is 0. The van der Waals surface area contributed by atoms with Gasteiger partial charge in [0, 0.05) is 34.6 Å². The summed E-state index contributed by atoms with van der Waals surface area (Å²) in [4.78, 5) is 24.9. The van der Waals surface area contributed by atoms with E-state index in [0.29, 0.717) is 41.4 Å². The smallest absolute Gasteiger partial charge is 0.274 e. The second-order valence-electron chi connectivity index (χ2n) is 5.94. The molecule has 2 aromatic rings. The van der Waals surface area contributed by atoms with Gasteiger partial charge in [0.05, 0.1) is 11.5 Å². The number of amides is 1. The van der Waals surface area contributed by atoms with Crippen LogP contribution in [0, 0.1) is 10.1 Å². The first-order valence-corrected chi connectivity index (χ1v) is 9.12. The Bertz CT molecular complexity index is 796. The molecule has 2 rings (SSSR count). The number of hydrogen-bond donors (Lipinski definition) is 0. The van der Waals surface area contributed by atoms with Crippen molar-refractivity contribution in [2.45, 2.75) is 32.7 Å². The Morgan fingerprint density at radius 2 is 1.88 bits per heavy atom. The molecule has 0 heterocycles. The van der Waals surface area contributed by atoms with Gasteiger partial charge in [-0.05, 0) is 30.5 Å². The first-order valence-electron chi connectivity index (χ1n) is 8.36. The van der Waals surface area contributed by atoms with Crippen molar-refractivity contribution in [1.29, 1.82) is 0 Å². The quantitative estimate of drug-likeness (QED) is 0.452. The Balaban J connectivity index is 2.19. The van der Waals surface area contributed by atoms with E-state index in [1.54, 1.807) is 35.2 Å². The van der Waals surface area contributed by atoms with E-state index in [1.165, 1.54) is 6.07 Å². The molecule has 0 fully saturated rings. The van der Waals surface area contributed by atoms with Crippen LogP contribution in [-0.4, -0.2) is 22.3 Å². The number of carbonyl (C=O) groups excluding carboxylic acids is 1. The molecule has 0 aromatic heterocycles. The topological polar surface area (TPSA) is 63.5 Å². The molecule has 0 aliphatic heterocycles.